The van der Waals surface area contributed by atoms with Crippen molar-refractivity contribution in [3.8, 4) is 17.5 Å². The highest BCUT2D eigenvalue weighted by Gasteiger charge is 2.49. The van der Waals surface area contributed by atoms with Crippen molar-refractivity contribution in [3.63, 3.8) is 0 Å². The van der Waals surface area contributed by atoms with Crippen molar-refractivity contribution < 1.29 is 36.0 Å². The molecule has 2 N–H and O–H groups in total. The predicted molar refractivity (Wildman–Crippen MR) is 110 cm³/mol. The molecule has 0 aliphatic rings. The van der Waals surface area contributed by atoms with Gasteiger partial charge in [-0.2, -0.15) is 21.6 Å². The second kappa shape index (κ2) is 8.28. The van der Waals surface area contributed by atoms with Crippen molar-refractivity contribution in [1.29, 1.82) is 0 Å². The number of phenolic OH excluding ortho intramolecular Hbond substituents is 1. The normalized spacial score (nSPS) is 12.2. The summed E-state index contributed by atoms with van der Waals surface area (Å²) in [6.45, 7) is 0. The smallest absolute Gasteiger partial charge is 0.508 e. The molecule has 12 heteroatoms. The van der Waals surface area contributed by atoms with Crippen molar-refractivity contribution in [2.24, 2.45) is 0 Å². The van der Waals surface area contributed by atoms with Crippen LogP contribution < -0.4 is 4.18 Å². The van der Waals surface area contributed by atoms with E-state index < -0.39 is 27.4 Å². The molecule has 0 saturated carbocycles. The van der Waals surface area contributed by atoms with E-state index in [1.807, 2.05) is 0 Å². The standard InChI is InChI=1S/C21H16F3N3O5S/c22-21(23,24)33(30,31)32-18-12-27-19(16(25-18)10-13-4-2-1-3-5-13)26-17(20(27)29)11-14-6-8-15(28)9-7-14/h1-9,12,28-29H,10-11H2. The second-order valence-electron chi connectivity index (χ2n) is 7.09. The summed E-state index contributed by atoms with van der Waals surface area (Å²) >= 11 is 0. The van der Waals surface area contributed by atoms with E-state index in [1.54, 1.807) is 42.5 Å². The SMILES string of the molecule is O=S(=O)(Oc1cn2c(O)c(Cc3ccc(O)cc3)nc2c(Cc2ccccc2)n1)C(F)(F)F. The average Bonchev–Trinajstić information content (AvgIpc) is 3.05. The summed E-state index contributed by atoms with van der Waals surface area (Å²) in [6, 6.07) is 14.9. The number of rotatable bonds is 6. The molecule has 0 spiro atoms. The zero-order chi connectivity index (χ0) is 23.8. The Balaban J connectivity index is 1.81. The number of aromatic hydroxyl groups is 2. The van der Waals surface area contributed by atoms with E-state index in [4.69, 9.17) is 0 Å². The minimum absolute atomic E-state index is 0.0555. The van der Waals surface area contributed by atoms with Gasteiger partial charge in [-0.1, -0.05) is 42.5 Å². The molecule has 4 aromatic rings. The Morgan fingerprint density at radius 3 is 2.12 bits per heavy atom. The number of phenols is 1. The topological polar surface area (TPSA) is 114 Å². The summed E-state index contributed by atoms with van der Waals surface area (Å²) in [4.78, 5) is 8.31. The average molecular weight is 479 g/mol. The highest BCUT2D eigenvalue weighted by molar-refractivity contribution is 7.87. The summed E-state index contributed by atoms with van der Waals surface area (Å²) in [5.74, 6) is -1.22. The Morgan fingerprint density at radius 2 is 1.48 bits per heavy atom. The van der Waals surface area contributed by atoms with Crippen LogP contribution in [0, 0.1) is 0 Å². The van der Waals surface area contributed by atoms with Crippen LogP contribution in [0.1, 0.15) is 22.5 Å². The number of fused-ring (bicyclic) bond motifs is 1. The minimum Gasteiger partial charge on any atom is -0.508 e. The Morgan fingerprint density at radius 1 is 0.879 bits per heavy atom. The van der Waals surface area contributed by atoms with E-state index in [0.717, 1.165) is 16.2 Å². The summed E-state index contributed by atoms with van der Waals surface area (Å²) in [5.41, 5.74) is -3.83. The highest BCUT2D eigenvalue weighted by atomic mass is 32.2. The summed E-state index contributed by atoms with van der Waals surface area (Å²) in [5, 5.41) is 20.1. The molecule has 8 nitrogen and oxygen atoms in total. The van der Waals surface area contributed by atoms with Crippen LogP contribution in [0.2, 0.25) is 0 Å². The summed E-state index contributed by atoms with van der Waals surface area (Å²) < 4.78 is 66.6. The number of nitrogens with zero attached hydrogens (tertiary/aromatic N) is 3. The molecule has 0 unspecified atom stereocenters. The molecule has 2 heterocycles. The number of hydrogen-bond acceptors (Lipinski definition) is 7. The molecule has 0 fully saturated rings. The van der Waals surface area contributed by atoms with Gasteiger partial charge in [-0.05, 0) is 23.3 Å². The minimum atomic E-state index is -5.97. The van der Waals surface area contributed by atoms with Crippen LogP contribution in [0.4, 0.5) is 13.2 Å². The van der Waals surface area contributed by atoms with Crippen molar-refractivity contribution >= 4 is 15.8 Å². The molecule has 0 bridgehead atoms. The molecular formula is C21H16F3N3O5S. The fourth-order valence-electron chi connectivity index (χ4n) is 3.15. The molecular weight excluding hydrogens is 463 g/mol. The zero-order valence-corrected chi connectivity index (χ0v) is 17.5. The van der Waals surface area contributed by atoms with Crippen molar-refractivity contribution in [1.82, 2.24) is 14.4 Å². The maximum Gasteiger partial charge on any atom is 0.534 e. The fourth-order valence-corrected chi connectivity index (χ4v) is 3.55. The second-order valence-corrected chi connectivity index (χ2v) is 8.63. The number of benzene rings is 2. The third kappa shape index (κ3) is 4.70. The van der Waals surface area contributed by atoms with Crippen LogP contribution >= 0.6 is 0 Å². The van der Waals surface area contributed by atoms with Gasteiger partial charge in [-0.15, -0.1) is 0 Å². The predicted octanol–water partition coefficient (Wildman–Crippen LogP) is 3.55. The number of hydrogen-bond donors (Lipinski definition) is 2. The lowest BCUT2D eigenvalue weighted by Crippen LogP contribution is -2.28. The van der Waals surface area contributed by atoms with Crippen LogP contribution in [0.3, 0.4) is 0 Å². The van der Waals surface area contributed by atoms with E-state index in [1.165, 1.54) is 12.1 Å². The monoisotopic (exact) mass is 479 g/mol. The molecule has 0 aliphatic carbocycles. The van der Waals surface area contributed by atoms with Crippen LogP contribution in [0.15, 0.2) is 60.8 Å². The van der Waals surface area contributed by atoms with Gasteiger partial charge in [-0.3, -0.25) is 4.40 Å². The molecule has 2 aromatic heterocycles. The molecule has 172 valence electrons. The number of halogens is 3. The number of alkyl halides is 3. The Bertz CT molecular complexity index is 1400. The van der Waals surface area contributed by atoms with Gasteiger partial charge in [0.2, 0.25) is 5.88 Å². The maximum absolute atomic E-state index is 12.8. The van der Waals surface area contributed by atoms with E-state index in [9.17, 15) is 31.8 Å². The molecule has 0 radical (unpaired) electrons. The van der Waals surface area contributed by atoms with Crippen LogP contribution in [0.5, 0.6) is 17.5 Å². The lowest BCUT2D eigenvalue weighted by atomic mass is 10.1. The lowest BCUT2D eigenvalue weighted by molar-refractivity contribution is -0.0501. The molecule has 4 rings (SSSR count). The van der Waals surface area contributed by atoms with Gasteiger partial charge in [0, 0.05) is 12.8 Å². The van der Waals surface area contributed by atoms with Crippen LogP contribution in [-0.2, 0) is 23.0 Å². The Labute approximate surface area is 185 Å². The molecule has 0 saturated heterocycles. The zero-order valence-electron chi connectivity index (χ0n) is 16.7. The van der Waals surface area contributed by atoms with Gasteiger partial charge in [0.15, 0.2) is 5.65 Å². The Kier molecular flexibility index (Phi) is 5.62. The lowest BCUT2D eigenvalue weighted by Gasteiger charge is -2.11. The molecule has 0 atom stereocenters. The molecule has 0 aliphatic heterocycles. The van der Waals surface area contributed by atoms with Gasteiger partial charge >= 0.3 is 15.6 Å². The first-order valence-corrected chi connectivity index (χ1v) is 10.9. The third-order valence-corrected chi connectivity index (χ3v) is 5.66. The van der Waals surface area contributed by atoms with Gasteiger partial charge in [0.25, 0.3) is 5.88 Å². The van der Waals surface area contributed by atoms with Crippen molar-refractivity contribution in [3.05, 3.63) is 83.3 Å². The van der Waals surface area contributed by atoms with E-state index >= 15 is 0 Å². The largest absolute Gasteiger partial charge is 0.534 e. The van der Waals surface area contributed by atoms with Gasteiger partial charge in [0.05, 0.1) is 11.9 Å². The van der Waals surface area contributed by atoms with Gasteiger partial charge in [0.1, 0.15) is 11.4 Å². The van der Waals surface area contributed by atoms with E-state index in [-0.39, 0.29) is 35.6 Å². The first-order chi connectivity index (χ1) is 15.5. The molecule has 33 heavy (non-hydrogen) atoms. The van der Waals surface area contributed by atoms with Crippen molar-refractivity contribution in [2.75, 3.05) is 0 Å². The molecule has 0 amide bonds. The summed E-state index contributed by atoms with van der Waals surface area (Å²) in [6.07, 6.45) is 1.05. The van der Waals surface area contributed by atoms with Crippen molar-refractivity contribution in [2.45, 2.75) is 18.3 Å². The Hall–Kier alpha value is -3.80. The number of aromatic nitrogens is 3. The fraction of sp³-hybridized carbons (Fsp3) is 0.143. The van der Waals surface area contributed by atoms with Crippen LogP contribution in [0.25, 0.3) is 5.65 Å². The van der Waals surface area contributed by atoms with Crippen LogP contribution in [-0.4, -0.2) is 38.5 Å². The van der Waals surface area contributed by atoms with Gasteiger partial charge < -0.3 is 14.4 Å². The summed E-state index contributed by atoms with van der Waals surface area (Å²) in [7, 11) is -5.97. The quantitative estimate of drug-likeness (QED) is 0.321. The van der Waals surface area contributed by atoms with Gasteiger partial charge in [-0.25, -0.2) is 9.97 Å². The third-order valence-electron chi connectivity index (χ3n) is 4.70. The first kappa shape index (κ1) is 22.4. The first-order valence-electron chi connectivity index (χ1n) is 9.46. The number of imidazole rings is 1. The van der Waals surface area contributed by atoms with E-state index in [2.05, 4.69) is 14.2 Å². The highest BCUT2D eigenvalue weighted by Crippen LogP contribution is 2.30. The molecule has 2 aromatic carbocycles. The maximum atomic E-state index is 12.8. The van der Waals surface area contributed by atoms with E-state index in [0.29, 0.717) is 5.56 Å².